The first-order chi connectivity index (χ1) is 14.7. The minimum absolute atomic E-state index is 0.113. The highest BCUT2D eigenvalue weighted by Gasteiger charge is 2.22. The van der Waals surface area contributed by atoms with Crippen LogP contribution in [0.5, 0.6) is 0 Å². The predicted octanol–water partition coefficient (Wildman–Crippen LogP) is 1.72. The highest BCUT2D eigenvalue weighted by atomic mass is 32.2. The lowest BCUT2D eigenvalue weighted by molar-refractivity contribution is -0.123. The molecule has 0 aromatic heterocycles. The first-order valence-electron chi connectivity index (χ1n) is 9.93. The van der Waals surface area contributed by atoms with Gasteiger partial charge in [-0.15, -0.1) is 11.8 Å². The van der Waals surface area contributed by atoms with Gasteiger partial charge in [0.1, 0.15) is 0 Å². The van der Waals surface area contributed by atoms with Crippen molar-refractivity contribution >= 4 is 29.5 Å². The lowest BCUT2D eigenvalue weighted by Crippen LogP contribution is -2.49. The molecule has 0 bridgehead atoms. The molecule has 3 rings (SSSR count). The van der Waals surface area contributed by atoms with Crippen molar-refractivity contribution in [2.24, 2.45) is 4.99 Å². The van der Waals surface area contributed by atoms with Gasteiger partial charge in [-0.1, -0.05) is 30.3 Å². The number of benzene rings is 2. The number of hydrogen-bond donors (Lipinski definition) is 3. The zero-order valence-corrected chi connectivity index (χ0v) is 17.9. The van der Waals surface area contributed by atoms with Crippen molar-refractivity contribution in [3.63, 3.8) is 0 Å². The Hall–Kier alpha value is -3.00. The topological polar surface area (TPSA) is 85.8 Å². The fourth-order valence-electron chi connectivity index (χ4n) is 3.02. The van der Waals surface area contributed by atoms with Gasteiger partial charge in [0.2, 0.25) is 5.91 Å². The second-order valence-electron chi connectivity index (χ2n) is 6.79. The molecule has 2 aromatic rings. The van der Waals surface area contributed by atoms with E-state index < -0.39 is 0 Å². The Morgan fingerprint density at radius 1 is 1.13 bits per heavy atom. The number of amides is 2. The average molecular weight is 426 g/mol. The number of hydrogen-bond acceptors (Lipinski definition) is 4. The van der Waals surface area contributed by atoms with Crippen LogP contribution in [0.2, 0.25) is 0 Å². The summed E-state index contributed by atoms with van der Waals surface area (Å²) in [6.07, 6.45) is 0. The zero-order valence-electron chi connectivity index (χ0n) is 17.1. The van der Waals surface area contributed by atoms with Crippen molar-refractivity contribution < 1.29 is 9.59 Å². The third-order valence-electron chi connectivity index (χ3n) is 4.62. The van der Waals surface area contributed by atoms with Crippen molar-refractivity contribution in [2.45, 2.75) is 11.4 Å². The van der Waals surface area contributed by atoms with Crippen molar-refractivity contribution in [3.8, 4) is 0 Å². The van der Waals surface area contributed by atoms with Crippen LogP contribution >= 0.6 is 11.8 Å². The molecule has 7 nitrogen and oxygen atoms in total. The minimum Gasteiger partial charge on any atom is -0.356 e. The lowest BCUT2D eigenvalue weighted by atomic mass is 10.1. The number of piperazine rings is 1. The predicted molar refractivity (Wildman–Crippen MR) is 121 cm³/mol. The Labute approximate surface area is 181 Å². The van der Waals surface area contributed by atoms with Gasteiger partial charge in [0.15, 0.2) is 5.96 Å². The summed E-state index contributed by atoms with van der Waals surface area (Å²) in [5.41, 5.74) is 1.64. The maximum Gasteiger partial charge on any atom is 0.254 e. The fraction of sp³-hybridized carbons (Fsp3) is 0.318. The summed E-state index contributed by atoms with van der Waals surface area (Å²) in [6, 6.07) is 17.8. The van der Waals surface area contributed by atoms with E-state index in [4.69, 9.17) is 0 Å². The monoisotopic (exact) mass is 425 g/mol. The lowest BCUT2D eigenvalue weighted by Gasteiger charge is -2.26. The third kappa shape index (κ3) is 6.52. The van der Waals surface area contributed by atoms with Crippen LogP contribution in [0.25, 0.3) is 0 Å². The normalized spacial score (nSPS) is 14.2. The van der Waals surface area contributed by atoms with Gasteiger partial charge in [0, 0.05) is 49.4 Å². The van der Waals surface area contributed by atoms with Crippen molar-refractivity contribution in [2.75, 3.05) is 39.0 Å². The number of guanidine groups is 1. The van der Waals surface area contributed by atoms with E-state index in [-0.39, 0.29) is 18.4 Å². The molecular weight excluding hydrogens is 398 g/mol. The molecule has 0 atom stereocenters. The van der Waals surface area contributed by atoms with E-state index >= 15 is 0 Å². The molecule has 0 radical (unpaired) electrons. The van der Waals surface area contributed by atoms with E-state index in [9.17, 15) is 9.59 Å². The molecule has 30 heavy (non-hydrogen) atoms. The summed E-state index contributed by atoms with van der Waals surface area (Å²) in [5.74, 6) is 1.45. The van der Waals surface area contributed by atoms with E-state index in [2.05, 4.69) is 33.1 Å². The number of aliphatic imine (C=N–C) groups is 1. The number of nitrogens with zero attached hydrogens (tertiary/aromatic N) is 2. The van der Waals surface area contributed by atoms with Crippen LogP contribution in [0.4, 0.5) is 0 Å². The fourth-order valence-corrected chi connectivity index (χ4v) is 3.81. The first-order valence-corrected chi connectivity index (χ1v) is 10.9. The van der Waals surface area contributed by atoms with Gasteiger partial charge in [-0.2, -0.15) is 0 Å². The van der Waals surface area contributed by atoms with Crippen molar-refractivity contribution in [1.29, 1.82) is 0 Å². The molecule has 0 unspecified atom stereocenters. The molecule has 0 spiro atoms. The highest BCUT2D eigenvalue weighted by molar-refractivity contribution is 7.99. The van der Waals surface area contributed by atoms with E-state index in [0.29, 0.717) is 25.2 Å². The molecule has 0 saturated carbocycles. The van der Waals surface area contributed by atoms with E-state index in [0.717, 1.165) is 23.8 Å². The maximum absolute atomic E-state index is 12.5. The number of thioether (sulfide) groups is 1. The Morgan fingerprint density at radius 2 is 1.90 bits per heavy atom. The minimum atomic E-state index is -0.114. The standard InChI is InChI=1S/C22H27N5O2S/c1-23-22(25-12-14-30-19-5-3-2-4-6-19)26-15-17-7-9-18(10-8-17)21(29)27-13-11-24-20(28)16-27/h2-10H,11-16H2,1H3,(H,24,28)(H2,23,25,26). The van der Waals surface area contributed by atoms with Gasteiger partial charge in [-0.25, -0.2) is 0 Å². The summed E-state index contributed by atoms with van der Waals surface area (Å²) in [6.45, 7) is 2.57. The molecule has 8 heteroatoms. The molecule has 2 aromatic carbocycles. The van der Waals surface area contributed by atoms with Crippen LogP contribution in [0.1, 0.15) is 15.9 Å². The summed E-state index contributed by atoms with van der Waals surface area (Å²) in [7, 11) is 1.75. The van der Waals surface area contributed by atoms with Crippen LogP contribution in [-0.4, -0.2) is 61.7 Å². The third-order valence-corrected chi connectivity index (χ3v) is 5.63. The molecule has 2 amide bonds. The Kier molecular flexibility index (Phi) is 8.14. The molecule has 1 aliphatic rings. The van der Waals surface area contributed by atoms with Gasteiger partial charge in [0.25, 0.3) is 5.91 Å². The Morgan fingerprint density at radius 3 is 2.60 bits per heavy atom. The summed E-state index contributed by atoms with van der Waals surface area (Å²) >= 11 is 1.80. The SMILES string of the molecule is CN=C(NCCSc1ccccc1)NCc1ccc(C(=O)N2CCNC(=O)C2)cc1. The number of carbonyl (C=O) groups is 2. The molecule has 1 heterocycles. The van der Waals surface area contributed by atoms with E-state index in [1.165, 1.54) is 4.90 Å². The Balaban J connectivity index is 1.42. The van der Waals surface area contributed by atoms with Gasteiger partial charge >= 0.3 is 0 Å². The number of nitrogens with one attached hydrogen (secondary N) is 3. The summed E-state index contributed by atoms with van der Waals surface area (Å²) < 4.78 is 0. The van der Waals surface area contributed by atoms with Crippen LogP contribution < -0.4 is 16.0 Å². The molecular formula is C22H27N5O2S. The molecule has 158 valence electrons. The van der Waals surface area contributed by atoms with Crippen LogP contribution in [0.3, 0.4) is 0 Å². The van der Waals surface area contributed by atoms with Crippen LogP contribution in [0, 0.1) is 0 Å². The van der Waals surface area contributed by atoms with Gasteiger partial charge in [0.05, 0.1) is 6.54 Å². The van der Waals surface area contributed by atoms with Crippen LogP contribution in [-0.2, 0) is 11.3 Å². The molecule has 1 aliphatic heterocycles. The number of rotatable bonds is 7. The Bertz CT molecular complexity index is 871. The van der Waals surface area contributed by atoms with Crippen molar-refractivity contribution in [3.05, 3.63) is 65.7 Å². The summed E-state index contributed by atoms with van der Waals surface area (Å²) in [5, 5.41) is 9.32. The molecule has 1 saturated heterocycles. The van der Waals surface area contributed by atoms with E-state index in [1.54, 1.807) is 35.8 Å². The smallest absolute Gasteiger partial charge is 0.254 e. The summed E-state index contributed by atoms with van der Waals surface area (Å²) in [4.78, 5) is 31.1. The van der Waals surface area contributed by atoms with Gasteiger partial charge in [-0.3, -0.25) is 14.6 Å². The van der Waals surface area contributed by atoms with Crippen molar-refractivity contribution in [1.82, 2.24) is 20.9 Å². The maximum atomic E-state index is 12.5. The van der Waals surface area contributed by atoms with E-state index in [1.807, 2.05) is 30.3 Å². The molecule has 0 aliphatic carbocycles. The van der Waals surface area contributed by atoms with Crippen LogP contribution in [0.15, 0.2) is 64.5 Å². The second kappa shape index (κ2) is 11.3. The quantitative estimate of drug-likeness (QED) is 0.272. The van der Waals surface area contributed by atoms with Gasteiger partial charge in [-0.05, 0) is 29.8 Å². The number of carbonyl (C=O) groups excluding carboxylic acids is 2. The first kappa shape index (κ1) is 21.7. The average Bonchev–Trinajstić information content (AvgIpc) is 2.79. The second-order valence-corrected chi connectivity index (χ2v) is 7.96. The zero-order chi connectivity index (χ0) is 21.2. The molecule has 1 fully saturated rings. The van der Waals surface area contributed by atoms with Gasteiger partial charge < -0.3 is 20.9 Å². The largest absolute Gasteiger partial charge is 0.356 e. The molecule has 3 N–H and O–H groups in total. The highest BCUT2D eigenvalue weighted by Crippen LogP contribution is 2.15.